The molecule has 3 rings (SSSR count). The number of urea groups is 1. The summed E-state index contributed by atoms with van der Waals surface area (Å²) in [6.45, 7) is 3.17. The van der Waals surface area contributed by atoms with Crippen LogP contribution >= 0.6 is 11.3 Å². The van der Waals surface area contributed by atoms with Crippen LogP contribution in [0.5, 0.6) is 0 Å². The molecule has 1 saturated heterocycles. The third kappa shape index (κ3) is 3.60. The molecule has 2 aromatic heterocycles. The van der Waals surface area contributed by atoms with Gasteiger partial charge in [0.1, 0.15) is 11.9 Å². The van der Waals surface area contributed by atoms with Gasteiger partial charge in [-0.1, -0.05) is 6.07 Å². The third-order valence-electron chi connectivity index (χ3n) is 3.77. The fraction of sp³-hybridized carbons (Fsp3) is 0.312. The van der Waals surface area contributed by atoms with Crippen LogP contribution in [-0.2, 0) is 6.54 Å². The first-order valence-electron chi connectivity index (χ1n) is 7.43. The fourth-order valence-corrected chi connectivity index (χ4v) is 3.19. The topological polar surface area (TPSA) is 72.3 Å². The van der Waals surface area contributed by atoms with Gasteiger partial charge in [0.2, 0.25) is 0 Å². The molecule has 0 unspecified atom stereocenters. The number of anilines is 1. The van der Waals surface area contributed by atoms with Crippen molar-refractivity contribution in [3.8, 4) is 6.07 Å². The summed E-state index contributed by atoms with van der Waals surface area (Å²) in [6.07, 6.45) is 1.69. The Labute approximate surface area is 139 Å². The first-order chi connectivity index (χ1) is 11.3. The molecule has 0 radical (unpaired) electrons. The fourth-order valence-electron chi connectivity index (χ4n) is 2.55. The van der Waals surface area contributed by atoms with Crippen LogP contribution in [0.1, 0.15) is 10.4 Å². The molecule has 3 heterocycles. The van der Waals surface area contributed by atoms with Crippen molar-refractivity contribution in [3.63, 3.8) is 0 Å². The van der Waals surface area contributed by atoms with Gasteiger partial charge < -0.3 is 15.1 Å². The summed E-state index contributed by atoms with van der Waals surface area (Å²) in [7, 11) is 0. The van der Waals surface area contributed by atoms with Crippen LogP contribution in [0.15, 0.2) is 35.8 Å². The molecule has 6 nitrogen and oxygen atoms in total. The minimum Gasteiger partial charge on any atom is -0.352 e. The average molecular weight is 327 g/mol. The standard InChI is InChI=1S/C16H17N5OS/c17-11-13-3-1-5-18-15(13)20-6-8-21(9-7-20)16(22)19-12-14-4-2-10-23-14/h1-5,10H,6-9,12H2,(H,19,22). The Hall–Kier alpha value is -2.59. The van der Waals surface area contributed by atoms with Gasteiger partial charge in [-0.15, -0.1) is 11.3 Å². The summed E-state index contributed by atoms with van der Waals surface area (Å²) in [5.41, 5.74) is 0.572. The molecule has 1 N–H and O–H groups in total. The lowest BCUT2D eigenvalue weighted by Crippen LogP contribution is -2.52. The third-order valence-corrected chi connectivity index (χ3v) is 4.64. The maximum absolute atomic E-state index is 12.2. The van der Waals surface area contributed by atoms with Crippen molar-refractivity contribution in [1.29, 1.82) is 5.26 Å². The molecule has 0 saturated carbocycles. The summed E-state index contributed by atoms with van der Waals surface area (Å²) in [5, 5.41) is 14.1. The van der Waals surface area contributed by atoms with E-state index in [9.17, 15) is 4.79 Å². The molecule has 2 aromatic rings. The Bertz CT molecular complexity index is 702. The lowest BCUT2D eigenvalue weighted by molar-refractivity contribution is 0.194. The van der Waals surface area contributed by atoms with Crippen LogP contribution in [0.4, 0.5) is 10.6 Å². The monoisotopic (exact) mass is 327 g/mol. The highest BCUT2D eigenvalue weighted by Gasteiger charge is 2.23. The number of pyridine rings is 1. The number of carbonyl (C=O) groups excluding carboxylic acids is 1. The number of thiophene rings is 1. The summed E-state index contributed by atoms with van der Waals surface area (Å²) in [5.74, 6) is 0.702. The highest BCUT2D eigenvalue weighted by molar-refractivity contribution is 7.09. The summed E-state index contributed by atoms with van der Waals surface area (Å²) in [4.78, 5) is 21.5. The normalized spacial score (nSPS) is 14.4. The van der Waals surface area contributed by atoms with Gasteiger partial charge in [0, 0.05) is 37.3 Å². The van der Waals surface area contributed by atoms with Gasteiger partial charge in [0.15, 0.2) is 0 Å². The summed E-state index contributed by atoms with van der Waals surface area (Å²) >= 11 is 1.63. The van der Waals surface area contributed by atoms with Crippen molar-refractivity contribution in [1.82, 2.24) is 15.2 Å². The minimum atomic E-state index is -0.0421. The Morgan fingerprint density at radius 3 is 2.83 bits per heavy atom. The molecule has 0 atom stereocenters. The molecular formula is C16H17N5OS. The first kappa shape index (κ1) is 15.3. The summed E-state index contributed by atoms with van der Waals surface area (Å²) in [6, 6.07) is 9.64. The number of hydrogen-bond acceptors (Lipinski definition) is 5. The average Bonchev–Trinajstić information content (AvgIpc) is 3.13. The highest BCUT2D eigenvalue weighted by Crippen LogP contribution is 2.18. The minimum absolute atomic E-state index is 0.0421. The molecule has 2 amide bonds. The van der Waals surface area contributed by atoms with E-state index in [1.165, 1.54) is 0 Å². The van der Waals surface area contributed by atoms with E-state index in [-0.39, 0.29) is 6.03 Å². The molecule has 1 fully saturated rings. The Balaban J connectivity index is 1.54. The second-order valence-electron chi connectivity index (χ2n) is 5.20. The van der Waals surface area contributed by atoms with Gasteiger partial charge in [-0.3, -0.25) is 0 Å². The van der Waals surface area contributed by atoms with E-state index in [0.717, 1.165) is 4.88 Å². The predicted octanol–water partition coefficient (Wildman–Crippen LogP) is 2.05. The number of nitriles is 1. The van der Waals surface area contributed by atoms with E-state index in [0.29, 0.717) is 44.1 Å². The zero-order valence-corrected chi connectivity index (χ0v) is 13.4. The summed E-state index contributed by atoms with van der Waals surface area (Å²) < 4.78 is 0. The van der Waals surface area contributed by atoms with Gasteiger partial charge >= 0.3 is 6.03 Å². The van der Waals surface area contributed by atoms with E-state index in [1.54, 1.807) is 34.6 Å². The Morgan fingerprint density at radius 2 is 2.13 bits per heavy atom. The van der Waals surface area contributed by atoms with Crippen molar-refractivity contribution in [3.05, 3.63) is 46.3 Å². The number of carbonyl (C=O) groups is 1. The lowest BCUT2D eigenvalue weighted by atomic mass is 10.2. The lowest BCUT2D eigenvalue weighted by Gasteiger charge is -2.35. The van der Waals surface area contributed by atoms with E-state index in [4.69, 9.17) is 5.26 Å². The van der Waals surface area contributed by atoms with Crippen LogP contribution in [0.25, 0.3) is 0 Å². The van der Waals surface area contributed by atoms with Gasteiger partial charge in [-0.25, -0.2) is 9.78 Å². The zero-order chi connectivity index (χ0) is 16.1. The quantitative estimate of drug-likeness (QED) is 0.936. The van der Waals surface area contributed by atoms with Gasteiger partial charge in [0.05, 0.1) is 12.1 Å². The van der Waals surface area contributed by atoms with Crippen LogP contribution in [-0.4, -0.2) is 42.1 Å². The predicted molar refractivity (Wildman–Crippen MR) is 89.3 cm³/mol. The second-order valence-corrected chi connectivity index (χ2v) is 6.23. The highest BCUT2D eigenvalue weighted by atomic mass is 32.1. The molecule has 0 aromatic carbocycles. The smallest absolute Gasteiger partial charge is 0.317 e. The number of hydrogen-bond donors (Lipinski definition) is 1. The second kappa shape index (κ2) is 7.11. The maximum atomic E-state index is 12.2. The molecule has 7 heteroatoms. The molecule has 118 valence electrons. The molecular weight excluding hydrogens is 310 g/mol. The van der Waals surface area contributed by atoms with Crippen molar-refractivity contribution in [2.75, 3.05) is 31.1 Å². The van der Waals surface area contributed by atoms with E-state index < -0.39 is 0 Å². The molecule has 23 heavy (non-hydrogen) atoms. The molecule has 1 aliphatic rings. The Kier molecular flexibility index (Phi) is 4.74. The molecule has 1 aliphatic heterocycles. The molecule has 0 spiro atoms. The van der Waals surface area contributed by atoms with Crippen molar-refractivity contribution >= 4 is 23.2 Å². The van der Waals surface area contributed by atoms with Gasteiger partial charge in [0.25, 0.3) is 0 Å². The molecule has 0 aliphatic carbocycles. The van der Waals surface area contributed by atoms with E-state index in [1.807, 2.05) is 17.5 Å². The van der Waals surface area contributed by atoms with Crippen molar-refractivity contribution in [2.45, 2.75) is 6.54 Å². The maximum Gasteiger partial charge on any atom is 0.317 e. The van der Waals surface area contributed by atoms with Crippen LogP contribution < -0.4 is 10.2 Å². The van der Waals surface area contributed by atoms with Gasteiger partial charge in [-0.05, 0) is 23.6 Å². The number of nitrogens with one attached hydrogen (secondary N) is 1. The number of piperazine rings is 1. The van der Waals surface area contributed by atoms with Crippen molar-refractivity contribution in [2.24, 2.45) is 0 Å². The van der Waals surface area contributed by atoms with Crippen molar-refractivity contribution < 1.29 is 4.79 Å². The molecule has 0 bridgehead atoms. The van der Waals surface area contributed by atoms with E-state index >= 15 is 0 Å². The SMILES string of the molecule is N#Cc1cccnc1N1CCN(C(=O)NCc2cccs2)CC1. The zero-order valence-electron chi connectivity index (χ0n) is 12.6. The number of rotatable bonds is 3. The Morgan fingerprint density at radius 1 is 1.30 bits per heavy atom. The van der Waals surface area contributed by atoms with Crippen LogP contribution in [0.2, 0.25) is 0 Å². The van der Waals surface area contributed by atoms with Crippen LogP contribution in [0, 0.1) is 11.3 Å². The van der Waals surface area contributed by atoms with Gasteiger partial charge in [-0.2, -0.15) is 5.26 Å². The number of aromatic nitrogens is 1. The van der Waals surface area contributed by atoms with E-state index in [2.05, 4.69) is 21.3 Å². The first-order valence-corrected chi connectivity index (χ1v) is 8.31. The number of amides is 2. The largest absolute Gasteiger partial charge is 0.352 e. The van der Waals surface area contributed by atoms with Crippen LogP contribution in [0.3, 0.4) is 0 Å². The number of nitrogens with zero attached hydrogens (tertiary/aromatic N) is 4.